The van der Waals surface area contributed by atoms with Gasteiger partial charge in [-0.05, 0) is 66.6 Å². The molecule has 1 N–H and O–H groups in total. The fourth-order valence-electron chi connectivity index (χ4n) is 7.78. The number of aldehydes is 1. The first kappa shape index (κ1) is 26.7. The monoisotopic (exact) mass is 448 g/mol. The molecule has 3 rings (SSSR count). The average Bonchev–Trinajstić information content (AvgIpc) is 3.12. The lowest BCUT2D eigenvalue weighted by Crippen LogP contribution is -2.54. The van der Waals surface area contributed by atoms with Crippen molar-refractivity contribution < 1.29 is 24.3 Å². The zero-order valence-electron chi connectivity index (χ0n) is 21.0. The van der Waals surface area contributed by atoms with Gasteiger partial charge in [-0.1, -0.05) is 41.5 Å². The zero-order chi connectivity index (χ0) is 24.3. The summed E-state index contributed by atoms with van der Waals surface area (Å²) >= 11 is 0. The largest absolute Gasteiger partial charge is 0.481 e. The molecule has 3 fully saturated rings. The predicted molar refractivity (Wildman–Crippen MR) is 125 cm³/mol. The van der Waals surface area contributed by atoms with Gasteiger partial charge in [0.15, 0.2) is 0 Å². The number of aliphatic carboxylic acids is 1. The van der Waals surface area contributed by atoms with Crippen LogP contribution >= 0.6 is 0 Å². The van der Waals surface area contributed by atoms with Gasteiger partial charge in [0.25, 0.3) is 0 Å². The molecule has 0 aromatic carbocycles. The van der Waals surface area contributed by atoms with Gasteiger partial charge in [0.1, 0.15) is 17.9 Å². The van der Waals surface area contributed by atoms with Gasteiger partial charge in [0.2, 0.25) is 0 Å². The summed E-state index contributed by atoms with van der Waals surface area (Å²) < 4.78 is 0. The number of Topliss-reactive ketones (excluding diaryl/α,β-unsaturated/α-hetero) is 2. The highest BCUT2D eigenvalue weighted by Gasteiger charge is 2.61. The summed E-state index contributed by atoms with van der Waals surface area (Å²) in [5.41, 5.74) is -0.535. The Bertz CT molecular complexity index is 715. The number of carboxylic acids is 1. The summed E-state index contributed by atoms with van der Waals surface area (Å²) in [4.78, 5) is 48.1. The van der Waals surface area contributed by atoms with Crippen LogP contribution in [0, 0.1) is 46.3 Å². The third-order valence-corrected chi connectivity index (χ3v) is 9.68. The fourth-order valence-corrected chi connectivity index (χ4v) is 7.78. The second-order valence-corrected chi connectivity index (χ2v) is 10.9. The van der Waals surface area contributed by atoms with Crippen molar-refractivity contribution in [3.8, 4) is 0 Å². The highest BCUT2D eigenvalue weighted by Crippen LogP contribution is 2.63. The van der Waals surface area contributed by atoms with Gasteiger partial charge >= 0.3 is 5.97 Å². The van der Waals surface area contributed by atoms with Crippen molar-refractivity contribution in [2.45, 2.75) is 99.3 Å². The number of carbonyl (C=O) groups excluding carboxylic acids is 3. The molecule has 5 heteroatoms. The minimum atomic E-state index is -0.772. The highest BCUT2D eigenvalue weighted by molar-refractivity contribution is 5.87. The normalized spacial score (nSPS) is 40.1. The Morgan fingerprint density at radius 1 is 1.16 bits per heavy atom. The van der Waals surface area contributed by atoms with E-state index < -0.39 is 5.97 Å². The minimum Gasteiger partial charge on any atom is -0.481 e. The number of fused-ring (bicyclic) bond motifs is 1. The maximum Gasteiger partial charge on any atom is 0.303 e. The quantitative estimate of drug-likeness (QED) is 0.502. The number of hydrogen-bond donors (Lipinski definition) is 1. The third-order valence-electron chi connectivity index (χ3n) is 9.68. The van der Waals surface area contributed by atoms with Crippen LogP contribution in [0.5, 0.6) is 0 Å². The molecule has 3 aliphatic carbocycles. The molecule has 0 aromatic heterocycles. The van der Waals surface area contributed by atoms with Crippen LogP contribution in [0.2, 0.25) is 0 Å². The summed E-state index contributed by atoms with van der Waals surface area (Å²) in [5, 5.41) is 9.07. The van der Waals surface area contributed by atoms with Crippen molar-refractivity contribution in [3.05, 3.63) is 0 Å². The lowest BCUT2D eigenvalue weighted by molar-refractivity contribution is -0.151. The van der Waals surface area contributed by atoms with E-state index in [2.05, 4.69) is 27.7 Å². The third kappa shape index (κ3) is 4.72. The van der Waals surface area contributed by atoms with Crippen molar-refractivity contribution in [1.82, 2.24) is 0 Å². The van der Waals surface area contributed by atoms with Crippen molar-refractivity contribution in [2.24, 2.45) is 46.3 Å². The molecule has 0 aliphatic heterocycles. The summed E-state index contributed by atoms with van der Waals surface area (Å²) in [6.07, 6.45) is 6.42. The number of rotatable bonds is 7. The highest BCUT2D eigenvalue weighted by atomic mass is 16.4. The molecule has 0 spiro atoms. The van der Waals surface area contributed by atoms with Crippen molar-refractivity contribution >= 4 is 23.8 Å². The summed E-state index contributed by atoms with van der Waals surface area (Å²) in [5.74, 6) is 1.14. The van der Waals surface area contributed by atoms with E-state index >= 15 is 0 Å². The van der Waals surface area contributed by atoms with Gasteiger partial charge in [-0.25, -0.2) is 0 Å². The first-order chi connectivity index (χ1) is 15.1. The molecule has 0 amide bonds. The molecule has 182 valence electrons. The molecule has 5 nitrogen and oxygen atoms in total. The van der Waals surface area contributed by atoms with E-state index in [1.54, 1.807) is 0 Å². The van der Waals surface area contributed by atoms with E-state index in [0.717, 1.165) is 25.5 Å². The Hall–Kier alpha value is -1.52. The zero-order valence-corrected chi connectivity index (χ0v) is 21.0. The number of ketones is 2. The fraction of sp³-hybridized carbons (Fsp3) is 0.852. The van der Waals surface area contributed by atoms with Crippen LogP contribution in [-0.2, 0) is 19.2 Å². The van der Waals surface area contributed by atoms with Crippen molar-refractivity contribution in [1.29, 1.82) is 0 Å². The van der Waals surface area contributed by atoms with Crippen LogP contribution in [0.1, 0.15) is 99.3 Å². The number of hydrogen-bond acceptors (Lipinski definition) is 4. The molecule has 0 bridgehead atoms. The molecule has 3 aliphatic rings. The Morgan fingerprint density at radius 3 is 2.41 bits per heavy atom. The molecular weight excluding hydrogens is 404 g/mol. The van der Waals surface area contributed by atoms with Gasteiger partial charge in [-0.15, -0.1) is 0 Å². The van der Waals surface area contributed by atoms with Gasteiger partial charge in [-0.3, -0.25) is 14.4 Å². The van der Waals surface area contributed by atoms with E-state index in [4.69, 9.17) is 5.11 Å². The van der Waals surface area contributed by atoms with Crippen molar-refractivity contribution in [2.75, 3.05) is 0 Å². The van der Waals surface area contributed by atoms with Gasteiger partial charge in [0.05, 0.1) is 0 Å². The molecular formula is C27H44O5. The van der Waals surface area contributed by atoms with Gasteiger partial charge in [0, 0.05) is 37.5 Å². The van der Waals surface area contributed by atoms with Gasteiger partial charge in [-0.2, -0.15) is 0 Å². The maximum atomic E-state index is 13.7. The molecule has 0 saturated heterocycles. The van der Waals surface area contributed by atoms with E-state index in [-0.39, 0.29) is 46.7 Å². The van der Waals surface area contributed by atoms with E-state index in [1.165, 1.54) is 0 Å². The summed E-state index contributed by atoms with van der Waals surface area (Å²) in [6.45, 7) is 12.7. The van der Waals surface area contributed by atoms with Crippen LogP contribution in [0.4, 0.5) is 0 Å². The van der Waals surface area contributed by atoms with Crippen molar-refractivity contribution in [3.63, 3.8) is 0 Å². The lowest BCUT2D eigenvalue weighted by atomic mass is 9.48. The lowest BCUT2D eigenvalue weighted by Gasteiger charge is -2.55. The molecule has 32 heavy (non-hydrogen) atoms. The Labute approximate surface area is 194 Å². The first-order valence-corrected chi connectivity index (χ1v) is 12.8. The topological polar surface area (TPSA) is 88.5 Å². The summed E-state index contributed by atoms with van der Waals surface area (Å²) in [7, 11) is 0. The van der Waals surface area contributed by atoms with E-state index in [0.29, 0.717) is 49.7 Å². The molecule has 3 saturated carbocycles. The minimum absolute atomic E-state index is 0.0348. The first-order valence-electron chi connectivity index (χ1n) is 12.8. The predicted octanol–water partition coefficient (Wildman–Crippen LogP) is 5.74. The number of carbonyl (C=O) groups is 4. The Kier molecular flexibility index (Phi) is 8.86. The van der Waals surface area contributed by atoms with Crippen LogP contribution < -0.4 is 0 Å². The van der Waals surface area contributed by atoms with E-state index in [9.17, 15) is 19.2 Å². The van der Waals surface area contributed by atoms with Gasteiger partial charge < -0.3 is 9.90 Å². The van der Waals surface area contributed by atoms with Crippen LogP contribution in [0.3, 0.4) is 0 Å². The number of carboxylic acid groups (broad SMARTS) is 1. The second-order valence-electron chi connectivity index (χ2n) is 10.9. The Morgan fingerprint density at radius 2 is 1.81 bits per heavy atom. The van der Waals surface area contributed by atoms with Crippen LogP contribution in [0.15, 0.2) is 0 Å². The molecule has 0 radical (unpaired) electrons. The molecule has 8 atom stereocenters. The van der Waals surface area contributed by atoms with Crippen LogP contribution in [0.25, 0.3) is 0 Å². The Balaban J connectivity index is 0.00000176. The van der Waals surface area contributed by atoms with E-state index in [1.807, 2.05) is 13.8 Å². The summed E-state index contributed by atoms with van der Waals surface area (Å²) in [6, 6.07) is 0. The maximum absolute atomic E-state index is 13.7. The molecule has 0 aromatic rings. The van der Waals surface area contributed by atoms with Crippen LogP contribution in [-0.4, -0.2) is 28.9 Å². The smallest absolute Gasteiger partial charge is 0.303 e. The molecule has 7 unspecified atom stereocenters. The molecule has 0 heterocycles. The average molecular weight is 449 g/mol. The standard InChI is InChI=1S/C25H38O5.C2H6/c1-15(5-8-23(29)30)19-6-7-20-16(2)21(14-22(28)25(19,20)4)24(3)11-9-18(27)13-17(24)10-12-26;1-2/h12,15-17,19-21H,5-11,13-14H2,1-4H3,(H,29,30);1-2H3/t15-,16?,17?,19?,20?,21?,24?,25?;/m1./s1. The second kappa shape index (κ2) is 10.6. The SMILES string of the molecule is CC.CC1C(C2(C)CCC(=O)CC2CC=O)CC(=O)C2(C)C1CCC2[C@H](C)CCC(=O)O.